The van der Waals surface area contributed by atoms with Gasteiger partial charge < -0.3 is 14.6 Å². The van der Waals surface area contributed by atoms with E-state index in [-0.39, 0.29) is 34.2 Å². The lowest BCUT2D eigenvalue weighted by atomic mass is 9.42. The molecule has 0 spiro atoms. The summed E-state index contributed by atoms with van der Waals surface area (Å²) in [6.07, 6.45) is 10.8. The molecule has 0 radical (unpaired) electrons. The maximum atomic E-state index is 12.1. The van der Waals surface area contributed by atoms with Crippen LogP contribution in [0.3, 0.4) is 0 Å². The summed E-state index contributed by atoms with van der Waals surface area (Å²) in [7, 11) is 0. The fourth-order valence-electron chi connectivity index (χ4n) is 8.81. The van der Waals surface area contributed by atoms with E-state index in [0.29, 0.717) is 24.4 Å². The molecule has 1 saturated heterocycles. The molecular formula is C26H38O4. The van der Waals surface area contributed by atoms with Crippen molar-refractivity contribution in [2.24, 2.45) is 39.9 Å². The van der Waals surface area contributed by atoms with Crippen LogP contribution in [-0.4, -0.2) is 30.1 Å². The van der Waals surface area contributed by atoms with Crippen molar-refractivity contribution in [3.05, 3.63) is 23.3 Å². The maximum absolute atomic E-state index is 12.1. The zero-order chi connectivity index (χ0) is 21.5. The fourth-order valence-corrected chi connectivity index (χ4v) is 8.81. The van der Waals surface area contributed by atoms with E-state index in [1.54, 1.807) is 6.92 Å². The molecule has 0 bridgehead atoms. The molecule has 0 amide bonds. The third-order valence-corrected chi connectivity index (χ3v) is 9.88. The van der Waals surface area contributed by atoms with E-state index in [9.17, 15) is 9.90 Å². The first-order valence-corrected chi connectivity index (χ1v) is 12.0. The molecule has 1 N–H and O–H groups in total. The lowest BCUT2D eigenvalue weighted by Crippen LogP contribution is -2.58. The number of aliphatic hydroxyl groups excluding tert-OH is 1. The third kappa shape index (κ3) is 2.75. The Morgan fingerprint density at radius 1 is 1.13 bits per heavy atom. The molecule has 8 atom stereocenters. The quantitative estimate of drug-likeness (QED) is 0.484. The van der Waals surface area contributed by atoms with Gasteiger partial charge >= 0.3 is 5.97 Å². The Hall–Kier alpha value is -1.13. The lowest BCUT2D eigenvalue weighted by Gasteiger charge is -2.63. The summed E-state index contributed by atoms with van der Waals surface area (Å²) >= 11 is 0. The summed E-state index contributed by atoms with van der Waals surface area (Å²) < 4.78 is 11.7. The number of fused-ring (bicyclic) bond motifs is 7. The number of esters is 1. The lowest BCUT2D eigenvalue weighted by molar-refractivity contribution is -0.165. The highest BCUT2D eigenvalue weighted by Crippen LogP contribution is 2.68. The van der Waals surface area contributed by atoms with Gasteiger partial charge in [0.05, 0.1) is 6.61 Å². The first-order valence-electron chi connectivity index (χ1n) is 12.0. The second-order valence-electron chi connectivity index (χ2n) is 11.9. The van der Waals surface area contributed by atoms with Crippen LogP contribution < -0.4 is 0 Å². The largest absolute Gasteiger partial charge is 0.458 e. The third-order valence-electron chi connectivity index (χ3n) is 9.88. The smallest absolute Gasteiger partial charge is 0.303 e. The molecular weight excluding hydrogens is 376 g/mol. The molecule has 0 aromatic carbocycles. The molecule has 166 valence electrons. The van der Waals surface area contributed by atoms with Crippen LogP contribution in [0.25, 0.3) is 0 Å². The van der Waals surface area contributed by atoms with Gasteiger partial charge in [0.1, 0.15) is 6.10 Å². The predicted molar refractivity (Wildman–Crippen MR) is 115 cm³/mol. The van der Waals surface area contributed by atoms with Gasteiger partial charge in [-0.25, -0.2) is 0 Å². The molecule has 4 nitrogen and oxygen atoms in total. The second kappa shape index (κ2) is 6.68. The predicted octanol–water partition coefficient (Wildman–Crippen LogP) is 5.02. The number of carbonyl (C=O) groups is 1. The van der Waals surface area contributed by atoms with Gasteiger partial charge in [-0.05, 0) is 71.8 Å². The summed E-state index contributed by atoms with van der Waals surface area (Å²) in [4.78, 5) is 12.1. The van der Waals surface area contributed by atoms with E-state index >= 15 is 0 Å². The average molecular weight is 415 g/mol. The Labute approximate surface area is 181 Å². The Morgan fingerprint density at radius 3 is 2.63 bits per heavy atom. The van der Waals surface area contributed by atoms with Gasteiger partial charge in [-0.15, -0.1) is 0 Å². The van der Waals surface area contributed by atoms with Gasteiger partial charge in [0.25, 0.3) is 0 Å². The van der Waals surface area contributed by atoms with Crippen molar-refractivity contribution in [3.8, 4) is 0 Å². The summed E-state index contributed by atoms with van der Waals surface area (Å²) in [5, 5.41) is 10.7. The van der Waals surface area contributed by atoms with Crippen LogP contribution in [0, 0.1) is 39.9 Å². The Kier molecular flexibility index (Phi) is 4.62. The van der Waals surface area contributed by atoms with Crippen molar-refractivity contribution < 1.29 is 19.4 Å². The van der Waals surface area contributed by atoms with Gasteiger partial charge in [-0.1, -0.05) is 45.8 Å². The molecule has 4 heteroatoms. The van der Waals surface area contributed by atoms with Crippen molar-refractivity contribution in [3.63, 3.8) is 0 Å². The van der Waals surface area contributed by atoms with E-state index in [1.807, 2.05) is 0 Å². The molecule has 0 aromatic heterocycles. The first-order chi connectivity index (χ1) is 14.1. The molecule has 4 aliphatic carbocycles. The van der Waals surface area contributed by atoms with E-state index in [2.05, 4.69) is 39.8 Å². The van der Waals surface area contributed by atoms with E-state index in [0.717, 1.165) is 19.3 Å². The SMILES string of the molecule is CC(=O)O[C@@H]1C=C2[C@@H]3CC=C4CO[C@@H](O)[C@@H]4[C@@]3(C)CC[C@@H]2[C@@]2(C)CCCC(C)(C)[C@H]12. The number of allylic oxidation sites excluding steroid dienone is 2. The van der Waals surface area contributed by atoms with Gasteiger partial charge in [-0.3, -0.25) is 4.79 Å². The van der Waals surface area contributed by atoms with Crippen LogP contribution >= 0.6 is 0 Å². The van der Waals surface area contributed by atoms with Gasteiger partial charge in [0.15, 0.2) is 6.29 Å². The average Bonchev–Trinajstić information content (AvgIpc) is 3.02. The Morgan fingerprint density at radius 2 is 1.90 bits per heavy atom. The molecule has 5 aliphatic rings. The molecule has 5 rings (SSSR count). The number of hydrogen-bond donors (Lipinski definition) is 1. The van der Waals surface area contributed by atoms with Gasteiger partial charge in [-0.2, -0.15) is 0 Å². The standard InChI is InChI=1S/C26H38O4/c1-15(27)30-20-13-17-18-8-7-16-14-29-23(28)21(16)25(18,4)12-9-19(17)26(5)11-6-10-24(2,3)22(20)26/h7,13,18-23,28H,6,8-12,14H2,1-5H3/t18-,19-,20+,21+,22-,23+,25-,26+/m0/s1. The van der Waals surface area contributed by atoms with Crippen LogP contribution in [0.15, 0.2) is 23.3 Å². The minimum atomic E-state index is -0.689. The highest BCUT2D eigenvalue weighted by molar-refractivity contribution is 5.66. The second-order valence-corrected chi connectivity index (χ2v) is 11.9. The minimum Gasteiger partial charge on any atom is -0.458 e. The summed E-state index contributed by atoms with van der Waals surface area (Å²) in [5.74, 6) is 1.21. The molecule has 0 aromatic rings. The zero-order valence-corrected chi connectivity index (χ0v) is 19.2. The number of hydrogen-bond acceptors (Lipinski definition) is 4. The van der Waals surface area contributed by atoms with E-state index in [1.165, 1.54) is 30.4 Å². The maximum Gasteiger partial charge on any atom is 0.303 e. The monoisotopic (exact) mass is 414 g/mol. The molecule has 1 aliphatic heterocycles. The minimum absolute atomic E-state index is 0.0104. The fraction of sp³-hybridized carbons (Fsp3) is 0.808. The molecule has 3 fully saturated rings. The molecule has 1 heterocycles. The van der Waals surface area contributed by atoms with Crippen molar-refractivity contribution in [2.75, 3.05) is 6.61 Å². The molecule has 30 heavy (non-hydrogen) atoms. The highest BCUT2D eigenvalue weighted by atomic mass is 16.6. The van der Waals surface area contributed by atoms with Crippen LogP contribution in [0.4, 0.5) is 0 Å². The van der Waals surface area contributed by atoms with Gasteiger partial charge in [0, 0.05) is 18.8 Å². The van der Waals surface area contributed by atoms with Crippen molar-refractivity contribution in [1.82, 2.24) is 0 Å². The molecule has 2 saturated carbocycles. The van der Waals surface area contributed by atoms with Gasteiger partial charge in [0.2, 0.25) is 0 Å². The van der Waals surface area contributed by atoms with Crippen LogP contribution in [0.5, 0.6) is 0 Å². The normalized spacial score (nSPS) is 49.0. The van der Waals surface area contributed by atoms with Crippen LogP contribution in [0.2, 0.25) is 0 Å². The number of carbonyl (C=O) groups excluding carboxylic acids is 1. The van der Waals surface area contributed by atoms with Crippen LogP contribution in [-0.2, 0) is 14.3 Å². The Bertz CT molecular complexity index is 810. The Balaban J connectivity index is 1.61. The van der Waals surface area contributed by atoms with E-state index in [4.69, 9.17) is 9.47 Å². The van der Waals surface area contributed by atoms with Crippen LogP contribution in [0.1, 0.15) is 73.1 Å². The zero-order valence-electron chi connectivity index (χ0n) is 19.2. The van der Waals surface area contributed by atoms with Crippen molar-refractivity contribution in [1.29, 1.82) is 0 Å². The molecule has 0 unspecified atom stereocenters. The van der Waals surface area contributed by atoms with E-state index < -0.39 is 6.29 Å². The summed E-state index contributed by atoms with van der Waals surface area (Å²) in [6, 6.07) is 0. The summed E-state index contributed by atoms with van der Waals surface area (Å²) in [6.45, 7) is 11.7. The number of rotatable bonds is 1. The first kappa shape index (κ1) is 20.8. The van der Waals surface area contributed by atoms with Crippen molar-refractivity contribution >= 4 is 5.97 Å². The summed E-state index contributed by atoms with van der Waals surface area (Å²) in [5.41, 5.74) is 3.11. The number of aliphatic hydroxyl groups is 1. The van der Waals surface area contributed by atoms with Crippen molar-refractivity contribution in [2.45, 2.75) is 85.5 Å². The number of ether oxygens (including phenoxy) is 2. The highest BCUT2D eigenvalue weighted by Gasteiger charge is 2.62. The topological polar surface area (TPSA) is 55.8 Å².